The molecule has 1 N–H and O–H groups in total. The molecule has 6 heteroatoms. The summed E-state index contributed by atoms with van der Waals surface area (Å²) in [5.41, 5.74) is 1.40. The van der Waals surface area contributed by atoms with Gasteiger partial charge in [-0.25, -0.2) is 0 Å². The van der Waals surface area contributed by atoms with Gasteiger partial charge in [-0.1, -0.05) is 58.4 Å². The van der Waals surface area contributed by atoms with Gasteiger partial charge in [-0.3, -0.25) is 9.59 Å². The van der Waals surface area contributed by atoms with E-state index in [0.717, 1.165) is 10.0 Å². The van der Waals surface area contributed by atoms with Gasteiger partial charge in [-0.2, -0.15) is 0 Å². The topological polar surface area (TPSA) is 66.8 Å². The Bertz CT molecular complexity index is 906. The summed E-state index contributed by atoms with van der Waals surface area (Å²) in [6.07, 6.45) is 0.708. The third-order valence-corrected chi connectivity index (χ3v) is 5.30. The van der Waals surface area contributed by atoms with E-state index in [4.69, 9.17) is 4.74 Å². The van der Waals surface area contributed by atoms with Crippen LogP contribution in [-0.2, 0) is 14.3 Å². The second-order valence-corrected chi connectivity index (χ2v) is 8.10. The van der Waals surface area contributed by atoms with Gasteiger partial charge in [0.2, 0.25) is 0 Å². The summed E-state index contributed by atoms with van der Waals surface area (Å²) in [6.45, 7) is 4.77. The Kier molecular flexibility index (Phi) is 6.87. The molecule has 1 saturated heterocycles. The lowest BCUT2D eigenvalue weighted by molar-refractivity contribution is -0.140. The molecule has 1 aliphatic heterocycles. The van der Waals surface area contributed by atoms with E-state index in [1.807, 2.05) is 44.2 Å². The summed E-state index contributed by atoms with van der Waals surface area (Å²) in [6, 6.07) is 15.7. The summed E-state index contributed by atoms with van der Waals surface area (Å²) in [7, 11) is 0. The summed E-state index contributed by atoms with van der Waals surface area (Å²) in [5.74, 6) is -1.42. The molecule has 1 unspecified atom stereocenters. The molecule has 2 aromatic rings. The molecule has 1 fully saturated rings. The average Bonchev–Trinajstić information content (AvgIpc) is 2.96. The minimum atomic E-state index is -0.663. The van der Waals surface area contributed by atoms with Gasteiger partial charge < -0.3 is 14.7 Å². The van der Waals surface area contributed by atoms with E-state index in [2.05, 4.69) is 15.9 Å². The van der Waals surface area contributed by atoms with Crippen molar-refractivity contribution in [1.29, 1.82) is 0 Å². The molecule has 5 nitrogen and oxygen atoms in total. The summed E-state index contributed by atoms with van der Waals surface area (Å²) in [5, 5.41) is 10.9. The Morgan fingerprint density at radius 2 is 1.76 bits per heavy atom. The van der Waals surface area contributed by atoms with Crippen LogP contribution >= 0.6 is 15.9 Å². The molecule has 0 aromatic heterocycles. The van der Waals surface area contributed by atoms with Gasteiger partial charge in [-0.05, 0) is 38.0 Å². The lowest BCUT2D eigenvalue weighted by Crippen LogP contribution is -2.31. The SMILES string of the molecule is CC(C)OCCCN1C(=O)C(=O)/C(=C(\O)c2ccc(Br)cc2)C1c1ccccc1. The number of Topliss-reactive ketones (excluding diaryl/α,β-unsaturated/α-hetero) is 1. The quantitative estimate of drug-likeness (QED) is 0.283. The van der Waals surface area contributed by atoms with Crippen LogP contribution in [0.4, 0.5) is 0 Å². The van der Waals surface area contributed by atoms with Crippen LogP contribution < -0.4 is 0 Å². The molecule has 0 bridgehead atoms. The Hall–Kier alpha value is -2.44. The van der Waals surface area contributed by atoms with Gasteiger partial charge in [0.1, 0.15) is 5.76 Å². The van der Waals surface area contributed by atoms with E-state index in [1.54, 1.807) is 24.3 Å². The van der Waals surface area contributed by atoms with Crippen molar-refractivity contribution in [2.24, 2.45) is 0 Å². The Morgan fingerprint density at radius 1 is 1.10 bits per heavy atom. The normalized spacial score (nSPS) is 18.6. The Balaban J connectivity index is 1.99. The van der Waals surface area contributed by atoms with Crippen molar-refractivity contribution in [2.75, 3.05) is 13.2 Å². The molecule has 0 spiro atoms. The predicted molar refractivity (Wildman–Crippen MR) is 115 cm³/mol. The maximum Gasteiger partial charge on any atom is 0.295 e. The number of ketones is 1. The van der Waals surface area contributed by atoms with Gasteiger partial charge in [0.15, 0.2) is 0 Å². The van der Waals surface area contributed by atoms with E-state index in [-0.39, 0.29) is 17.4 Å². The molecule has 29 heavy (non-hydrogen) atoms. The maximum absolute atomic E-state index is 12.9. The largest absolute Gasteiger partial charge is 0.507 e. The lowest BCUT2D eigenvalue weighted by atomic mass is 9.95. The molecule has 0 saturated carbocycles. The molecule has 3 rings (SSSR count). The van der Waals surface area contributed by atoms with Crippen molar-refractivity contribution in [2.45, 2.75) is 32.4 Å². The minimum Gasteiger partial charge on any atom is -0.507 e. The highest BCUT2D eigenvalue weighted by Crippen LogP contribution is 2.39. The van der Waals surface area contributed by atoms with Crippen LogP contribution in [0.5, 0.6) is 0 Å². The number of nitrogens with zero attached hydrogens (tertiary/aromatic N) is 1. The number of hydrogen-bond donors (Lipinski definition) is 1. The van der Waals surface area contributed by atoms with E-state index in [1.165, 1.54) is 4.90 Å². The van der Waals surface area contributed by atoms with Crippen LogP contribution in [0.1, 0.15) is 37.4 Å². The zero-order valence-corrected chi connectivity index (χ0v) is 18.1. The smallest absolute Gasteiger partial charge is 0.295 e. The van der Waals surface area contributed by atoms with Crippen LogP contribution in [-0.4, -0.2) is 41.0 Å². The molecule has 1 amide bonds. The minimum absolute atomic E-state index is 0.104. The first-order chi connectivity index (χ1) is 13.9. The average molecular weight is 458 g/mol. The predicted octanol–water partition coefficient (Wildman–Crippen LogP) is 4.69. The number of aliphatic hydroxyl groups excluding tert-OH is 1. The number of halogens is 1. The second-order valence-electron chi connectivity index (χ2n) is 7.18. The number of carbonyl (C=O) groups is 2. The first-order valence-electron chi connectivity index (χ1n) is 9.61. The van der Waals surface area contributed by atoms with Gasteiger partial charge >= 0.3 is 0 Å². The van der Waals surface area contributed by atoms with E-state index >= 15 is 0 Å². The van der Waals surface area contributed by atoms with Crippen molar-refractivity contribution in [3.63, 3.8) is 0 Å². The zero-order chi connectivity index (χ0) is 21.0. The van der Waals surface area contributed by atoms with E-state index in [9.17, 15) is 14.7 Å². The number of ether oxygens (including phenoxy) is 1. The molecule has 152 valence electrons. The highest BCUT2D eigenvalue weighted by molar-refractivity contribution is 9.10. The van der Waals surface area contributed by atoms with Gasteiger partial charge in [0, 0.05) is 23.2 Å². The molecule has 1 heterocycles. The van der Waals surface area contributed by atoms with Crippen molar-refractivity contribution in [3.05, 3.63) is 75.8 Å². The van der Waals surface area contributed by atoms with Gasteiger partial charge in [0.25, 0.3) is 11.7 Å². The van der Waals surface area contributed by atoms with Gasteiger partial charge in [-0.15, -0.1) is 0 Å². The Morgan fingerprint density at radius 3 is 2.38 bits per heavy atom. The number of likely N-dealkylation sites (tertiary alicyclic amines) is 1. The number of hydrogen-bond acceptors (Lipinski definition) is 4. The first kappa shape index (κ1) is 21.3. The monoisotopic (exact) mass is 457 g/mol. The maximum atomic E-state index is 12.9. The molecule has 1 atom stereocenters. The zero-order valence-electron chi connectivity index (χ0n) is 16.5. The molecule has 2 aromatic carbocycles. The number of carbonyl (C=O) groups excluding carboxylic acids is 2. The van der Waals surface area contributed by atoms with Crippen molar-refractivity contribution in [1.82, 2.24) is 4.90 Å². The fourth-order valence-corrected chi connectivity index (χ4v) is 3.67. The van der Waals surface area contributed by atoms with Crippen LogP contribution in [0.25, 0.3) is 5.76 Å². The third-order valence-electron chi connectivity index (χ3n) is 4.77. The number of benzene rings is 2. The molecule has 0 aliphatic carbocycles. The van der Waals surface area contributed by atoms with Crippen molar-refractivity contribution >= 4 is 33.4 Å². The van der Waals surface area contributed by atoms with E-state index in [0.29, 0.717) is 25.1 Å². The Labute approximate surface area is 179 Å². The van der Waals surface area contributed by atoms with Crippen molar-refractivity contribution < 1.29 is 19.4 Å². The summed E-state index contributed by atoms with van der Waals surface area (Å²) < 4.78 is 6.43. The van der Waals surface area contributed by atoms with E-state index < -0.39 is 17.7 Å². The lowest BCUT2D eigenvalue weighted by Gasteiger charge is -2.25. The second kappa shape index (κ2) is 9.37. The number of aliphatic hydroxyl groups is 1. The van der Waals surface area contributed by atoms with Crippen LogP contribution in [0, 0.1) is 0 Å². The van der Waals surface area contributed by atoms with Crippen LogP contribution in [0.15, 0.2) is 64.6 Å². The molecular formula is C23H24BrNO4. The fraction of sp³-hybridized carbons (Fsp3) is 0.304. The molecule has 0 radical (unpaired) electrons. The van der Waals surface area contributed by atoms with Crippen LogP contribution in [0.2, 0.25) is 0 Å². The standard InChI is InChI=1S/C23H24BrNO4/c1-15(2)29-14-6-13-25-20(16-7-4-3-5-8-16)19(22(27)23(25)28)21(26)17-9-11-18(24)12-10-17/h3-5,7-12,15,20,26H,6,13-14H2,1-2H3/b21-19-. The molecule has 1 aliphatic rings. The van der Waals surface area contributed by atoms with Crippen molar-refractivity contribution in [3.8, 4) is 0 Å². The number of amides is 1. The first-order valence-corrected chi connectivity index (χ1v) is 10.4. The highest BCUT2D eigenvalue weighted by Gasteiger charge is 2.45. The highest BCUT2D eigenvalue weighted by atomic mass is 79.9. The summed E-state index contributed by atoms with van der Waals surface area (Å²) >= 11 is 3.36. The number of rotatable bonds is 7. The van der Waals surface area contributed by atoms with Crippen LogP contribution in [0.3, 0.4) is 0 Å². The molecular weight excluding hydrogens is 434 g/mol. The van der Waals surface area contributed by atoms with Gasteiger partial charge in [0.05, 0.1) is 17.7 Å². The summed E-state index contributed by atoms with van der Waals surface area (Å²) in [4.78, 5) is 27.2. The fourth-order valence-electron chi connectivity index (χ4n) is 3.41. The third kappa shape index (κ3) is 4.77.